The zero-order valence-electron chi connectivity index (χ0n) is 10.5. The first-order valence-electron chi connectivity index (χ1n) is 6.11. The van der Waals surface area contributed by atoms with Gasteiger partial charge in [-0.2, -0.15) is 0 Å². The molecule has 0 amide bonds. The van der Waals surface area contributed by atoms with E-state index in [4.69, 9.17) is 4.74 Å². The van der Waals surface area contributed by atoms with Gasteiger partial charge >= 0.3 is 0 Å². The number of aryl methyl sites for hydroxylation is 1. The van der Waals surface area contributed by atoms with Crippen molar-refractivity contribution in [2.45, 2.75) is 26.7 Å². The van der Waals surface area contributed by atoms with Crippen LogP contribution in [-0.4, -0.2) is 26.3 Å². The molecule has 0 saturated carbocycles. The SMILES string of the molecule is Cc1ccc(N2CCOCC2)cc1C(C)C. The molecule has 1 heterocycles. The van der Waals surface area contributed by atoms with Crippen molar-refractivity contribution in [3.8, 4) is 0 Å². The summed E-state index contributed by atoms with van der Waals surface area (Å²) in [5, 5.41) is 0. The van der Waals surface area contributed by atoms with Crippen LogP contribution < -0.4 is 4.90 Å². The molecule has 0 spiro atoms. The zero-order chi connectivity index (χ0) is 11.5. The normalized spacial score (nSPS) is 16.9. The van der Waals surface area contributed by atoms with Crippen molar-refractivity contribution in [3.05, 3.63) is 29.3 Å². The van der Waals surface area contributed by atoms with E-state index in [0.29, 0.717) is 5.92 Å². The van der Waals surface area contributed by atoms with Gasteiger partial charge in [-0.1, -0.05) is 19.9 Å². The Morgan fingerprint density at radius 2 is 1.88 bits per heavy atom. The highest BCUT2D eigenvalue weighted by atomic mass is 16.5. The lowest BCUT2D eigenvalue weighted by Gasteiger charge is -2.29. The van der Waals surface area contributed by atoms with Crippen LogP contribution in [0.5, 0.6) is 0 Å². The summed E-state index contributed by atoms with van der Waals surface area (Å²) in [5.41, 5.74) is 4.20. The second-order valence-electron chi connectivity index (χ2n) is 4.80. The number of morpholine rings is 1. The summed E-state index contributed by atoms with van der Waals surface area (Å²) in [6.07, 6.45) is 0. The van der Waals surface area contributed by atoms with Crippen LogP contribution in [0.1, 0.15) is 30.9 Å². The molecule has 1 saturated heterocycles. The Morgan fingerprint density at radius 1 is 1.19 bits per heavy atom. The fraction of sp³-hybridized carbons (Fsp3) is 0.571. The van der Waals surface area contributed by atoms with Gasteiger partial charge in [0.2, 0.25) is 0 Å². The highest BCUT2D eigenvalue weighted by molar-refractivity contribution is 5.51. The Balaban J connectivity index is 2.24. The van der Waals surface area contributed by atoms with Gasteiger partial charge in [-0.25, -0.2) is 0 Å². The van der Waals surface area contributed by atoms with Gasteiger partial charge in [-0.05, 0) is 36.1 Å². The molecule has 2 rings (SSSR count). The van der Waals surface area contributed by atoms with E-state index in [1.54, 1.807) is 0 Å². The van der Waals surface area contributed by atoms with Crippen LogP contribution in [0.3, 0.4) is 0 Å². The van der Waals surface area contributed by atoms with Crippen molar-refractivity contribution in [1.82, 2.24) is 0 Å². The van der Waals surface area contributed by atoms with E-state index in [-0.39, 0.29) is 0 Å². The van der Waals surface area contributed by atoms with Gasteiger partial charge in [-0.3, -0.25) is 0 Å². The molecule has 1 aliphatic rings. The fourth-order valence-corrected chi connectivity index (χ4v) is 2.27. The monoisotopic (exact) mass is 219 g/mol. The zero-order valence-corrected chi connectivity index (χ0v) is 10.5. The summed E-state index contributed by atoms with van der Waals surface area (Å²) < 4.78 is 5.38. The third-order valence-corrected chi connectivity index (χ3v) is 3.26. The number of anilines is 1. The van der Waals surface area contributed by atoms with Gasteiger partial charge in [0.25, 0.3) is 0 Å². The molecule has 2 heteroatoms. The molecule has 0 unspecified atom stereocenters. The van der Waals surface area contributed by atoms with Gasteiger partial charge in [0.15, 0.2) is 0 Å². The van der Waals surface area contributed by atoms with E-state index in [0.717, 1.165) is 26.3 Å². The molecule has 1 fully saturated rings. The van der Waals surface area contributed by atoms with E-state index < -0.39 is 0 Å². The summed E-state index contributed by atoms with van der Waals surface area (Å²) in [7, 11) is 0. The summed E-state index contributed by atoms with van der Waals surface area (Å²) in [4.78, 5) is 2.41. The number of hydrogen-bond donors (Lipinski definition) is 0. The van der Waals surface area contributed by atoms with Crippen LogP contribution >= 0.6 is 0 Å². The highest BCUT2D eigenvalue weighted by Gasteiger charge is 2.13. The van der Waals surface area contributed by atoms with Crippen LogP contribution in [0.15, 0.2) is 18.2 Å². The molecule has 0 aromatic heterocycles. The van der Waals surface area contributed by atoms with Crippen LogP contribution in [0.25, 0.3) is 0 Å². The van der Waals surface area contributed by atoms with Crippen LogP contribution in [0.4, 0.5) is 5.69 Å². The maximum Gasteiger partial charge on any atom is 0.0642 e. The molecule has 88 valence electrons. The Labute approximate surface area is 98.2 Å². The van der Waals surface area contributed by atoms with Gasteiger partial charge in [-0.15, -0.1) is 0 Å². The third-order valence-electron chi connectivity index (χ3n) is 3.26. The first-order chi connectivity index (χ1) is 7.68. The molecular weight excluding hydrogens is 198 g/mol. The minimum atomic E-state index is 0.598. The number of benzene rings is 1. The second kappa shape index (κ2) is 4.88. The van der Waals surface area contributed by atoms with E-state index in [1.165, 1.54) is 16.8 Å². The fourth-order valence-electron chi connectivity index (χ4n) is 2.27. The summed E-state index contributed by atoms with van der Waals surface area (Å²) in [6.45, 7) is 10.4. The van der Waals surface area contributed by atoms with E-state index in [9.17, 15) is 0 Å². The molecular formula is C14H21NO. The lowest BCUT2D eigenvalue weighted by molar-refractivity contribution is 0.122. The number of rotatable bonds is 2. The predicted molar refractivity (Wildman–Crippen MR) is 68.3 cm³/mol. The molecule has 2 nitrogen and oxygen atoms in total. The summed E-state index contributed by atoms with van der Waals surface area (Å²) in [6, 6.07) is 6.80. The van der Waals surface area contributed by atoms with Crippen molar-refractivity contribution in [2.24, 2.45) is 0 Å². The van der Waals surface area contributed by atoms with Crippen molar-refractivity contribution in [1.29, 1.82) is 0 Å². The standard InChI is InChI=1S/C14H21NO/c1-11(2)14-10-13(5-4-12(14)3)15-6-8-16-9-7-15/h4-5,10-11H,6-9H2,1-3H3. The maximum atomic E-state index is 5.38. The molecule has 16 heavy (non-hydrogen) atoms. The quantitative estimate of drug-likeness (QED) is 0.758. The van der Waals surface area contributed by atoms with E-state index >= 15 is 0 Å². The van der Waals surface area contributed by atoms with Crippen molar-refractivity contribution < 1.29 is 4.74 Å². The smallest absolute Gasteiger partial charge is 0.0642 e. The van der Waals surface area contributed by atoms with E-state index in [2.05, 4.69) is 43.9 Å². The second-order valence-corrected chi connectivity index (χ2v) is 4.80. The molecule has 0 atom stereocenters. The third kappa shape index (κ3) is 2.38. The van der Waals surface area contributed by atoms with Gasteiger partial charge in [0.1, 0.15) is 0 Å². The first kappa shape index (κ1) is 11.5. The molecule has 1 aromatic carbocycles. The molecule has 0 bridgehead atoms. The Hall–Kier alpha value is -1.02. The van der Waals surface area contributed by atoms with Crippen LogP contribution in [0, 0.1) is 6.92 Å². The van der Waals surface area contributed by atoms with Gasteiger partial charge in [0.05, 0.1) is 13.2 Å². The summed E-state index contributed by atoms with van der Waals surface area (Å²) in [5.74, 6) is 0.598. The lowest BCUT2D eigenvalue weighted by atomic mass is 9.97. The molecule has 1 aliphatic heterocycles. The molecule has 0 aliphatic carbocycles. The van der Waals surface area contributed by atoms with Gasteiger partial charge < -0.3 is 9.64 Å². The Morgan fingerprint density at radius 3 is 2.50 bits per heavy atom. The molecule has 1 aromatic rings. The largest absolute Gasteiger partial charge is 0.378 e. The minimum absolute atomic E-state index is 0.598. The number of ether oxygens (including phenoxy) is 1. The van der Waals surface area contributed by atoms with Crippen molar-refractivity contribution in [3.63, 3.8) is 0 Å². The van der Waals surface area contributed by atoms with Crippen LogP contribution in [0.2, 0.25) is 0 Å². The number of nitrogens with zero attached hydrogens (tertiary/aromatic N) is 1. The van der Waals surface area contributed by atoms with Crippen molar-refractivity contribution in [2.75, 3.05) is 31.2 Å². The minimum Gasteiger partial charge on any atom is -0.378 e. The van der Waals surface area contributed by atoms with E-state index in [1.807, 2.05) is 0 Å². The summed E-state index contributed by atoms with van der Waals surface area (Å²) >= 11 is 0. The Bertz CT molecular complexity index is 354. The topological polar surface area (TPSA) is 12.5 Å². The maximum absolute atomic E-state index is 5.38. The van der Waals surface area contributed by atoms with Gasteiger partial charge in [0, 0.05) is 18.8 Å². The first-order valence-corrected chi connectivity index (χ1v) is 6.11. The van der Waals surface area contributed by atoms with Crippen molar-refractivity contribution >= 4 is 5.69 Å². The molecule has 0 N–H and O–H groups in total. The highest BCUT2D eigenvalue weighted by Crippen LogP contribution is 2.25. The number of hydrogen-bond acceptors (Lipinski definition) is 2. The Kier molecular flexibility index (Phi) is 3.49. The van der Waals surface area contributed by atoms with Crippen LogP contribution in [-0.2, 0) is 4.74 Å². The lowest BCUT2D eigenvalue weighted by Crippen LogP contribution is -2.36. The average Bonchev–Trinajstić information content (AvgIpc) is 2.30. The molecule has 0 radical (unpaired) electrons. The predicted octanol–water partition coefficient (Wildman–Crippen LogP) is 2.96. The average molecular weight is 219 g/mol.